The Morgan fingerprint density at radius 2 is 2.10 bits per heavy atom. The average molecular weight is 292 g/mol. The fraction of sp³-hybridized carbons (Fsp3) is 0.588. The molecule has 2 rings (SSSR count). The molecular formula is C17H25FN2O. The van der Waals surface area contributed by atoms with Crippen molar-refractivity contribution in [2.24, 2.45) is 5.41 Å². The molecular weight excluding hydrogens is 267 g/mol. The Morgan fingerprint density at radius 1 is 1.43 bits per heavy atom. The minimum absolute atomic E-state index is 0.0972. The van der Waals surface area contributed by atoms with Gasteiger partial charge in [-0.3, -0.25) is 4.79 Å². The predicted octanol–water partition coefficient (Wildman–Crippen LogP) is 3.09. The molecule has 0 radical (unpaired) electrons. The van der Waals surface area contributed by atoms with Crippen LogP contribution < -0.4 is 10.6 Å². The van der Waals surface area contributed by atoms with Crippen LogP contribution in [0.3, 0.4) is 0 Å². The first kappa shape index (κ1) is 16.0. The Labute approximate surface area is 126 Å². The lowest BCUT2D eigenvalue weighted by Crippen LogP contribution is -2.47. The highest BCUT2D eigenvalue weighted by molar-refractivity contribution is 5.83. The third kappa shape index (κ3) is 3.43. The summed E-state index contributed by atoms with van der Waals surface area (Å²) in [4.78, 5) is 12.7. The molecule has 1 amide bonds. The van der Waals surface area contributed by atoms with Gasteiger partial charge in [0, 0.05) is 0 Å². The van der Waals surface area contributed by atoms with Crippen molar-refractivity contribution in [2.45, 2.75) is 46.1 Å². The molecule has 0 aliphatic carbocycles. The molecule has 1 aromatic rings. The predicted molar refractivity (Wildman–Crippen MR) is 82.5 cm³/mol. The van der Waals surface area contributed by atoms with Gasteiger partial charge < -0.3 is 10.6 Å². The van der Waals surface area contributed by atoms with Crippen LogP contribution >= 0.6 is 0 Å². The van der Waals surface area contributed by atoms with E-state index in [0.29, 0.717) is 5.56 Å². The van der Waals surface area contributed by atoms with Crippen LogP contribution in [0.4, 0.5) is 4.39 Å². The number of aryl methyl sites for hydroxylation is 1. The Morgan fingerprint density at radius 3 is 2.67 bits per heavy atom. The zero-order valence-electron chi connectivity index (χ0n) is 13.1. The van der Waals surface area contributed by atoms with Crippen LogP contribution in [0.2, 0.25) is 0 Å². The van der Waals surface area contributed by atoms with E-state index in [1.807, 2.05) is 13.0 Å². The van der Waals surface area contributed by atoms with Crippen molar-refractivity contribution >= 4 is 5.91 Å². The minimum Gasteiger partial charge on any atom is -0.349 e. The van der Waals surface area contributed by atoms with Crippen LogP contribution in [-0.2, 0) is 4.79 Å². The Balaban J connectivity index is 2.08. The summed E-state index contributed by atoms with van der Waals surface area (Å²) in [5.74, 6) is -0.124. The zero-order chi connectivity index (χ0) is 15.5. The second kappa shape index (κ2) is 6.56. The van der Waals surface area contributed by atoms with E-state index in [9.17, 15) is 9.18 Å². The van der Waals surface area contributed by atoms with Gasteiger partial charge in [-0.1, -0.05) is 19.1 Å². The third-order valence-corrected chi connectivity index (χ3v) is 4.76. The molecule has 3 nitrogen and oxygen atoms in total. The SMILES string of the molecule is CCC1(C(=O)NC(C)c2ccc(C)c(F)c2)CCNCC1. The molecule has 1 unspecified atom stereocenters. The van der Waals surface area contributed by atoms with Gasteiger partial charge in [-0.25, -0.2) is 4.39 Å². The molecule has 1 fully saturated rings. The van der Waals surface area contributed by atoms with Gasteiger partial charge >= 0.3 is 0 Å². The summed E-state index contributed by atoms with van der Waals surface area (Å²) >= 11 is 0. The van der Waals surface area contributed by atoms with E-state index in [4.69, 9.17) is 0 Å². The molecule has 1 aliphatic heterocycles. The molecule has 0 aromatic heterocycles. The molecule has 0 bridgehead atoms. The first-order valence-electron chi connectivity index (χ1n) is 7.76. The molecule has 4 heteroatoms. The van der Waals surface area contributed by atoms with Gasteiger partial charge in [-0.05, 0) is 63.4 Å². The normalized spacial score (nSPS) is 19.0. The maximum atomic E-state index is 13.7. The number of carbonyl (C=O) groups is 1. The highest BCUT2D eigenvalue weighted by Gasteiger charge is 2.38. The molecule has 116 valence electrons. The van der Waals surface area contributed by atoms with Crippen LogP contribution in [0.15, 0.2) is 18.2 Å². The van der Waals surface area contributed by atoms with E-state index < -0.39 is 0 Å². The first-order chi connectivity index (χ1) is 9.98. The van der Waals surface area contributed by atoms with Crippen molar-refractivity contribution < 1.29 is 9.18 Å². The lowest BCUT2D eigenvalue weighted by atomic mass is 9.75. The standard InChI is InChI=1S/C17H25FN2O/c1-4-17(7-9-19-10-8-17)16(21)20-13(3)14-6-5-12(2)15(18)11-14/h5-6,11,13,19H,4,7-10H2,1-3H3,(H,20,21). The summed E-state index contributed by atoms with van der Waals surface area (Å²) < 4.78 is 13.7. The van der Waals surface area contributed by atoms with Gasteiger partial charge in [-0.2, -0.15) is 0 Å². The van der Waals surface area contributed by atoms with E-state index in [2.05, 4.69) is 17.6 Å². The fourth-order valence-corrected chi connectivity index (χ4v) is 2.96. The second-order valence-electron chi connectivity index (χ2n) is 6.09. The highest BCUT2D eigenvalue weighted by atomic mass is 19.1. The summed E-state index contributed by atoms with van der Waals surface area (Å²) in [6.07, 6.45) is 2.57. The topological polar surface area (TPSA) is 41.1 Å². The minimum atomic E-state index is -0.275. The fourth-order valence-electron chi connectivity index (χ4n) is 2.96. The van der Waals surface area contributed by atoms with E-state index >= 15 is 0 Å². The summed E-state index contributed by atoms with van der Waals surface area (Å²) in [5, 5.41) is 6.37. The summed E-state index contributed by atoms with van der Waals surface area (Å²) in [6.45, 7) is 7.49. The Kier molecular flexibility index (Phi) is 4.99. The second-order valence-corrected chi connectivity index (χ2v) is 6.09. The molecule has 0 spiro atoms. The number of nitrogens with one attached hydrogen (secondary N) is 2. The molecule has 21 heavy (non-hydrogen) atoms. The molecule has 1 aromatic carbocycles. The highest BCUT2D eigenvalue weighted by Crippen LogP contribution is 2.33. The Bertz CT molecular complexity index is 510. The third-order valence-electron chi connectivity index (χ3n) is 4.76. The maximum Gasteiger partial charge on any atom is 0.226 e. The number of piperidine rings is 1. The van der Waals surface area contributed by atoms with E-state index in [1.54, 1.807) is 13.0 Å². The average Bonchev–Trinajstić information content (AvgIpc) is 2.50. The number of rotatable bonds is 4. The van der Waals surface area contributed by atoms with Gasteiger partial charge in [0.2, 0.25) is 5.91 Å². The van der Waals surface area contributed by atoms with E-state index in [-0.39, 0.29) is 23.2 Å². The smallest absolute Gasteiger partial charge is 0.226 e. The number of benzene rings is 1. The molecule has 1 atom stereocenters. The van der Waals surface area contributed by atoms with Crippen molar-refractivity contribution in [3.05, 3.63) is 35.1 Å². The monoisotopic (exact) mass is 292 g/mol. The van der Waals surface area contributed by atoms with Crippen LogP contribution in [0, 0.1) is 18.2 Å². The molecule has 0 saturated carbocycles. The van der Waals surface area contributed by atoms with Crippen molar-refractivity contribution in [1.82, 2.24) is 10.6 Å². The van der Waals surface area contributed by atoms with Crippen molar-refractivity contribution in [3.63, 3.8) is 0 Å². The largest absolute Gasteiger partial charge is 0.349 e. The van der Waals surface area contributed by atoms with Crippen LogP contribution in [0.5, 0.6) is 0 Å². The van der Waals surface area contributed by atoms with Gasteiger partial charge in [0.05, 0.1) is 11.5 Å². The van der Waals surface area contributed by atoms with Crippen molar-refractivity contribution in [3.8, 4) is 0 Å². The first-order valence-corrected chi connectivity index (χ1v) is 7.76. The van der Waals surface area contributed by atoms with Crippen LogP contribution in [0.25, 0.3) is 0 Å². The summed E-state index contributed by atoms with van der Waals surface area (Å²) in [7, 11) is 0. The molecule has 1 saturated heterocycles. The van der Waals surface area contributed by atoms with Crippen LogP contribution in [-0.4, -0.2) is 19.0 Å². The molecule has 2 N–H and O–H groups in total. The molecule has 1 heterocycles. The van der Waals surface area contributed by atoms with Gasteiger partial charge in [0.15, 0.2) is 0 Å². The summed E-state index contributed by atoms with van der Waals surface area (Å²) in [6, 6.07) is 4.98. The lowest BCUT2D eigenvalue weighted by molar-refractivity contribution is -0.133. The number of carbonyl (C=O) groups excluding carboxylic acids is 1. The summed E-state index contributed by atoms with van der Waals surface area (Å²) in [5.41, 5.74) is 1.16. The number of halogens is 1. The molecule has 1 aliphatic rings. The van der Waals surface area contributed by atoms with Gasteiger partial charge in [-0.15, -0.1) is 0 Å². The van der Waals surface area contributed by atoms with E-state index in [0.717, 1.165) is 37.9 Å². The van der Waals surface area contributed by atoms with Crippen molar-refractivity contribution in [1.29, 1.82) is 0 Å². The lowest BCUT2D eigenvalue weighted by Gasteiger charge is -2.36. The Hall–Kier alpha value is -1.42. The number of amides is 1. The quantitative estimate of drug-likeness (QED) is 0.895. The number of hydrogen-bond acceptors (Lipinski definition) is 2. The van der Waals surface area contributed by atoms with Crippen LogP contribution in [0.1, 0.15) is 50.3 Å². The van der Waals surface area contributed by atoms with Gasteiger partial charge in [0.25, 0.3) is 0 Å². The number of hydrogen-bond donors (Lipinski definition) is 2. The van der Waals surface area contributed by atoms with Crippen molar-refractivity contribution in [2.75, 3.05) is 13.1 Å². The maximum absolute atomic E-state index is 13.7. The zero-order valence-corrected chi connectivity index (χ0v) is 13.1. The van der Waals surface area contributed by atoms with Gasteiger partial charge in [0.1, 0.15) is 5.82 Å². The van der Waals surface area contributed by atoms with E-state index in [1.165, 1.54) is 6.07 Å².